The predicted octanol–water partition coefficient (Wildman–Crippen LogP) is 12.8. The number of ketones is 1. The van der Waals surface area contributed by atoms with E-state index in [2.05, 4.69) is 13.8 Å². The van der Waals surface area contributed by atoms with Crippen molar-refractivity contribution >= 4 is 37.5 Å². The first-order chi connectivity index (χ1) is 37.0. The molecule has 0 aromatic heterocycles. The monoisotopic (exact) mass is 1110 g/mol. The lowest BCUT2D eigenvalue weighted by Gasteiger charge is -2.25. The molecule has 3 unspecified atom stereocenters. The number of Topliss-reactive ketones (excluding diaryl/α,β-unsaturated/α-hetero) is 1. The molecule has 0 aromatic rings. The van der Waals surface area contributed by atoms with Crippen molar-refractivity contribution in [2.75, 3.05) is 80.3 Å². The van der Waals surface area contributed by atoms with Crippen molar-refractivity contribution in [3.05, 3.63) is 0 Å². The molecule has 3 atom stereocenters. The van der Waals surface area contributed by atoms with E-state index in [9.17, 15) is 33.4 Å². The van der Waals surface area contributed by atoms with Crippen LogP contribution in [0.25, 0.3) is 0 Å². The number of carbonyl (C=O) groups excluding carboxylic acids is 5. The molecule has 448 valence electrons. The average molecular weight is 1110 g/mol. The summed E-state index contributed by atoms with van der Waals surface area (Å²) in [4.78, 5) is 76.2. The summed E-state index contributed by atoms with van der Waals surface area (Å²) >= 11 is 0. The number of phosphoric ester groups is 1. The van der Waals surface area contributed by atoms with E-state index in [1.807, 2.05) is 0 Å². The summed E-state index contributed by atoms with van der Waals surface area (Å²) in [7, 11) is -1.91. The number of methoxy groups -OCH3 is 2. The van der Waals surface area contributed by atoms with Crippen LogP contribution in [-0.2, 0) is 75.5 Å². The molecule has 18 heteroatoms. The van der Waals surface area contributed by atoms with Crippen molar-refractivity contribution in [3.63, 3.8) is 0 Å². The summed E-state index contributed by atoms with van der Waals surface area (Å²) in [6.45, 7) is 4.15. The largest absolute Gasteiger partial charge is 0.756 e. The minimum Gasteiger partial charge on any atom is -0.756 e. The van der Waals surface area contributed by atoms with E-state index in [4.69, 9.17) is 46.9 Å². The lowest BCUT2D eigenvalue weighted by molar-refractivity contribution is -0.228. The Morgan fingerprint density at radius 1 is 0.368 bits per heavy atom. The Balaban J connectivity index is 5.00. The van der Waals surface area contributed by atoms with Crippen LogP contribution in [0.5, 0.6) is 0 Å². The Hall–Kier alpha value is -2.50. The fourth-order valence-electron chi connectivity index (χ4n) is 8.35. The van der Waals surface area contributed by atoms with Crippen LogP contribution in [0, 0.1) is 0 Å². The molecule has 0 bridgehead atoms. The molecule has 76 heavy (non-hydrogen) atoms. The van der Waals surface area contributed by atoms with Gasteiger partial charge < -0.3 is 51.8 Å². The second-order valence-electron chi connectivity index (χ2n) is 20.1. The maximum absolute atomic E-state index is 13.0. The van der Waals surface area contributed by atoms with E-state index < -0.39 is 62.9 Å². The van der Waals surface area contributed by atoms with Gasteiger partial charge >= 0.3 is 23.9 Å². The van der Waals surface area contributed by atoms with Crippen molar-refractivity contribution < 1.29 is 80.4 Å². The molecule has 0 aliphatic rings. The van der Waals surface area contributed by atoms with Crippen LogP contribution in [-0.4, -0.2) is 122 Å². The third-order valence-electron chi connectivity index (χ3n) is 12.9. The highest BCUT2D eigenvalue weighted by atomic mass is 31.2. The van der Waals surface area contributed by atoms with Gasteiger partial charge in [-0.15, -0.1) is 0 Å². The zero-order chi connectivity index (χ0) is 55.8. The van der Waals surface area contributed by atoms with Crippen LogP contribution in [0.1, 0.15) is 251 Å². The zero-order valence-electron chi connectivity index (χ0n) is 48.3. The molecule has 0 aliphatic heterocycles. The maximum atomic E-state index is 13.0. The molecule has 17 nitrogen and oxygen atoms in total. The lowest BCUT2D eigenvalue weighted by atomic mass is 10.0. The van der Waals surface area contributed by atoms with Crippen LogP contribution in [0.4, 0.5) is 0 Å². The van der Waals surface area contributed by atoms with E-state index in [1.54, 1.807) is 0 Å². The summed E-state index contributed by atoms with van der Waals surface area (Å²) in [6, 6.07) is 0. The highest BCUT2D eigenvalue weighted by Crippen LogP contribution is 2.38. The number of phosphoric acid groups is 1. The van der Waals surface area contributed by atoms with Crippen molar-refractivity contribution in [1.29, 1.82) is 0 Å². The Kier molecular flexibility index (Phi) is 54.0. The number of carbonyl (C=O) groups is 5. The first-order valence-electron chi connectivity index (χ1n) is 29.9. The molecule has 0 saturated heterocycles. The molecule has 0 amide bonds. The molecule has 0 spiro atoms. The molecule has 0 rings (SSSR count). The molecule has 0 radical (unpaired) electrons. The van der Waals surface area contributed by atoms with Crippen LogP contribution >= 0.6 is 7.82 Å². The molecular weight excluding hydrogens is 1000 g/mol. The SMILES string of the molecule is CCCCCCCCCCCCCCCCCC(=O)OCC(COP(=O)([O-])OCCCC(=O)CC(COC(=O)CCOCCOC)OC(=O)CCOCCOC)OC(=O)CCCCCCCCCCCCCCCCC. The molecule has 0 N–H and O–H groups in total. The van der Waals surface area contributed by atoms with E-state index in [-0.39, 0.29) is 78.0 Å². The number of hydrogen-bond donors (Lipinski definition) is 0. The van der Waals surface area contributed by atoms with Gasteiger partial charge in [-0.2, -0.15) is 0 Å². The van der Waals surface area contributed by atoms with Crippen LogP contribution in [0.3, 0.4) is 0 Å². The van der Waals surface area contributed by atoms with Gasteiger partial charge in [-0.1, -0.05) is 194 Å². The van der Waals surface area contributed by atoms with Crippen molar-refractivity contribution in [3.8, 4) is 0 Å². The molecule has 0 aliphatic carbocycles. The number of hydrogen-bond acceptors (Lipinski definition) is 17. The van der Waals surface area contributed by atoms with Gasteiger partial charge in [0, 0.05) is 39.9 Å². The minimum atomic E-state index is -4.96. The van der Waals surface area contributed by atoms with Crippen molar-refractivity contribution in [2.45, 2.75) is 264 Å². The van der Waals surface area contributed by atoms with Gasteiger partial charge in [0.1, 0.15) is 25.1 Å². The fraction of sp³-hybridized carbons (Fsp3) is 0.914. The second-order valence-corrected chi connectivity index (χ2v) is 21.5. The summed E-state index contributed by atoms with van der Waals surface area (Å²) < 4.78 is 65.1. The molecule has 0 heterocycles. The summed E-state index contributed by atoms with van der Waals surface area (Å²) in [5.41, 5.74) is 0. The average Bonchev–Trinajstić information content (AvgIpc) is 3.39. The van der Waals surface area contributed by atoms with Gasteiger partial charge in [-0.25, -0.2) is 0 Å². The third kappa shape index (κ3) is 53.5. The molecule has 0 saturated carbocycles. The summed E-state index contributed by atoms with van der Waals surface area (Å²) in [5, 5.41) is 0. The Morgan fingerprint density at radius 3 is 1.16 bits per heavy atom. The second kappa shape index (κ2) is 55.8. The Labute approximate surface area is 460 Å². The Bertz CT molecular complexity index is 1420. The predicted molar refractivity (Wildman–Crippen MR) is 294 cm³/mol. The van der Waals surface area contributed by atoms with Crippen LogP contribution in [0.2, 0.25) is 0 Å². The Morgan fingerprint density at radius 2 is 0.724 bits per heavy atom. The fourth-order valence-corrected chi connectivity index (χ4v) is 9.13. The van der Waals surface area contributed by atoms with Gasteiger partial charge in [0.15, 0.2) is 6.10 Å². The van der Waals surface area contributed by atoms with Crippen LogP contribution in [0.15, 0.2) is 0 Å². The molecule has 0 aromatic carbocycles. The quantitative estimate of drug-likeness (QED) is 0.0239. The normalized spacial score (nSPS) is 13.0. The van der Waals surface area contributed by atoms with E-state index in [0.29, 0.717) is 32.7 Å². The van der Waals surface area contributed by atoms with Gasteiger partial charge in [-0.3, -0.25) is 28.5 Å². The highest BCUT2D eigenvalue weighted by molar-refractivity contribution is 7.45. The first kappa shape index (κ1) is 73.5. The van der Waals surface area contributed by atoms with Crippen molar-refractivity contribution in [2.24, 2.45) is 0 Å². The molecular formula is C58H108O17P-. The van der Waals surface area contributed by atoms with E-state index in [1.165, 1.54) is 155 Å². The smallest absolute Gasteiger partial charge is 0.308 e. The number of rotatable bonds is 60. The number of ether oxygens (including phenoxy) is 8. The lowest BCUT2D eigenvalue weighted by Crippen LogP contribution is -2.30. The summed E-state index contributed by atoms with van der Waals surface area (Å²) in [6.07, 6.45) is 33.4. The summed E-state index contributed by atoms with van der Waals surface area (Å²) in [5.74, 6) is -2.67. The standard InChI is InChI=1S/C58H109O17P/c1-5-7-9-11-13-15-17-19-21-23-25-27-29-31-33-37-55(60)71-50-54(75-57(62)38-34-32-30-28-26-24-22-20-18-16-14-12-10-8-6-2)51-73-76(64,65)72-41-35-36-52(59)48-53(74-58(63)40-43-69-47-45-67-4)49-70-56(61)39-42-68-46-44-66-3/h53-54H,5-51H2,1-4H3,(H,64,65)/p-1. The minimum absolute atomic E-state index is 0.0321. The van der Waals surface area contributed by atoms with Gasteiger partial charge in [0.2, 0.25) is 0 Å². The van der Waals surface area contributed by atoms with Gasteiger partial charge in [0.05, 0.1) is 65.7 Å². The first-order valence-corrected chi connectivity index (χ1v) is 31.4. The van der Waals surface area contributed by atoms with Gasteiger partial charge in [0.25, 0.3) is 7.82 Å². The van der Waals surface area contributed by atoms with E-state index in [0.717, 1.165) is 38.5 Å². The third-order valence-corrected chi connectivity index (χ3v) is 13.9. The van der Waals surface area contributed by atoms with Gasteiger partial charge in [-0.05, 0) is 19.3 Å². The number of unbranched alkanes of at least 4 members (excludes halogenated alkanes) is 28. The topological polar surface area (TPSA) is 218 Å². The van der Waals surface area contributed by atoms with Crippen molar-refractivity contribution in [1.82, 2.24) is 0 Å². The highest BCUT2D eigenvalue weighted by Gasteiger charge is 2.23. The zero-order valence-corrected chi connectivity index (χ0v) is 49.2. The number of esters is 4. The molecule has 0 fully saturated rings. The van der Waals surface area contributed by atoms with Crippen LogP contribution < -0.4 is 4.89 Å². The maximum Gasteiger partial charge on any atom is 0.308 e. The van der Waals surface area contributed by atoms with E-state index >= 15 is 0 Å².